The van der Waals surface area contributed by atoms with Gasteiger partial charge in [0.05, 0.1) is 12.2 Å². The Balaban J connectivity index is 2.09. The van der Waals surface area contributed by atoms with Gasteiger partial charge in [-0.05, 0) is 40.5 Å². The molecule has 0 bridgehead atoms. The molecule has 102 valence electrons. The molecule has 4 nitrogen and oxygen atoms in total. The summed E-state index contributed by atoms with van der Waals surface area (Å²) in [6, 6.07) is 5.62. The van der Waals surface area contributed by atoms with E-state index < -0.39 is 6.36 Å². The van der Waals surface area contributed by atoms with Crippen molar-refractivity contribution in [3.63, 3.8) is 0 Å². The SMILES string of the molecule is Cc1nnn(Cc2ccc(OC(F)(F)F)cc2)c1Br. The smallest absolute Gasteiger partial charge is 0.406 e. The molecule has 0 radical (unpaired) electrons. The highest BCUT2D eigenvalue weighted by molar-refractivity contribution is 9.10. The molecule has 1 aromatic carbocycles. The van der Waals surface area contributed by atoms with Crippen molar-refractivity contribution < 1.29 is 17.9 Å². The van der Waals surface area contributed by atoms with Crippen molar-refractivity contribution in [2.45, 2.75) is 19.8 Å². The molecule has 1 heterocycles. The monoisotopic (exact) mass is 335 g/mol. The topological polar surface area (TPSA) is 39.9 Å². The molecular formula is C11H9BrF3N3O. The second kappa shape index (κ2) is 5.20. The fraction of sp³-hybridized carbons (Fsp3) is 0.273. The molecule has 0 fully saturated rings. The minimum atomic E-state index is -4.67. The van der Waals surface area contributed by atoms with Gasteiger partial charge < -0.3 is 4.74 Å². The number of halogens is 4. The molecule has 2 aromatic rings. The lowest BCUT2D eigenvalue weighted by Crippen LogP contribution is -2.17. The van der Waals surface area contributed by atoms with Crippen LogP contribution >= 0.6 is 15.9 Å². The van der Waals surface area contributed by atoms with E-state index in [1.54, 1.807) is 23.7 Å². The summed E-state index contributed by atoms with van der Waals surface area (Å²) in [4.78, 5) is 0. The molecule has 0 unspecified atom stereocenters. The number of rotatable bonds is 3. The van der Waals surface area contributed by atoms with Crippen LogP contribution in [0.25, 0.3) is 0 Å². The van der Waals surface area contributed by atoms with Crippen molar-refractivity contribution >= 4 is 15.9 Å². The lowest BCUT2D eigenvalue weighted by molar-refractivity contribution is -0.274. The van der Waals surface area contributed by atoms with Crippen LogP contribution in [0.2, 0.25) is 0 Å². The summed E-state index contributed by atoms with van der Waals surface area (Å²) in [5.41, 5.74) is 1.54. The Bertz CT molecular complexity index is 566. The van der Waals surface area contributed by atoms with Crippen LogP contribution in [0.3, 0.4) is 0 Å². The molecule has 0 atom stereocenters. The molecule has 0 N–H and O–H groups in total. The first-order chi connectivity index (χ1) is 8.85. The average molecular weight is 336 g/mol. The first kappa shape index (κ1) is 13.9. The van der Waals surface area contributed by atoms with Crippen LogP contribution in [0.4, 0.5) is 13.2 Å². The van der Waals surface area contributed by atoms with Crippen LogP contribution in [-0.4, -0.2) is 21.4 Å². The second-order valence-corrected chi connectivity index (χ2v) is 4.57. The number of benzene rings is 1. The Labute approximate surface area is 115 Å². The molecule has 0 amide bonds. The Hall–Kier alpha value is -1.57. The maximum absolute atomic E-state index is 12.0. The zero-order chi connectivity index (χ0) is 14.0. The van der Waals surface area contributed by atoms with Crippen molar-refractivity contribution in [1.82, 2.24) is 15.0 Å². The van der Waals surface area contributed by atoms with Crippen molar-refractivity contribution in [2.75, 3.05) is 0 Å². The van der Waals surface area contributed by atoms with Gasteiger partial charge in [-0.2, -0.15) is 0 Å². The third-order valence-corrected chi connectivity index (χ3v) is 3.30. The third kappa shape index (κ3) is 3.69. The van der Waals surface area contributed by atoms with Gasteiger partial charge in [0.1, 0.15) is 10.4 Å². The molecule has 0 aliphatic heterocycles. The number of aromatic nitrogens is 3. The first-order valence-electron chi connectivity index (χ1n) is 5.25. The second-order valence-electron chi connectivity index (χ2n) is 3.82. The molecular weight excluding hydrogens is 327 g/mol. The molecule has 19 heavy (non-hydrogen) atoms. The van der Waals surface area contributed by atoms with E-state index in [4.69, 9.17) is 0 Å². The third-order valence-electron chi connectivity index (χ3n) is 2.32. The van der Waals surface area contributed by atoms with Crippen LogP contribution in [-0.2, 0) is 6.54 Å². The van der Waals surface area contributed by atoms with Gasteiger partial charge in [-0.15, -0.1) is 18.3 Å². The fourth-order valence-corrected chi connectivity index (χ4v) is 1.73. The molecule has 0 aliphatic carbocycles. The van der Waals surface area contributed by atoms with Gasteiger partial charge in [0, 0.05) is 0 Å². The van der Waals surface area contributed by atoms with Crippen molar-refractivity contribution in [2.24, 2.45) is 0 Å². The summed E-state index contributed by atoms with van der Waals surface area (Å²) < 4.78 is 42.1. The van der Waals surface area contributed by atoms with E-state index in [2.05, 4.69) is 31.0 Å². The largest absolute Gasteiger partial charge is 0.573 e. The van der Waals surface area contributed by atoms with Crippen molar-refractivity contribution in [3.05, 3.63) is 40.1 Å². The van der Waals surface area contributed by atoms with Crippen LogP contribution in [0.1, 0.15) is 11.3 Å². The fourth-order valence-electron chi connectivity index (χ4n) is 1.46. The lowest BCUT2D eigenvalue weighted by Gasteiger charge is -2.09. The predicted octanol–water partition coefficient (Wildman–Crippen LogP) is 3.30. The van der Waals surface area contributed by atoms with E-state index in [-0.39, 0.29) is 5.75 Å². The molecule has 0 saturated carbocycles. The Kier molecular flexibility index (Phi) is 3.79. The molecule has 0 spiro atoms. The van der Waals surface area contributed by atoms with E-state index in [0.29, 0.717) is 6.54 Å². The van der Waals surface area contributed by atoms with Crippen molar-refractivity contribution in [3.8, 4) is 5.75 Å². The maximum Gasteiger partial charge on any atom is 0.573 e. The van der Waals surface area contributed by atoms with E-state index in [1.165, 1.54) is 12.1 Å². The van der Waals surface area contributed by atoms with Gasteiger partial charge >= 0.3 is 6.36 Å². The molecule has 1 aromatic heterocycles. The maximum atomic E-state index is 12.0. The van der Waals surface area contributed by atoms with Gasteiger partial charge in [0.2, 0.25) is 0 Å². The Morgan fingerprint density at radius 2 is 1.89 bits per heavy atom. The van der Waals surface area contributed by atoms with Crippen molar-refractivity contribution in [1.29, 1.82) is 0 Å². The Morgan fingerprint density at radius 3 is 2.37 bits per heavy atom. The summed E-state index contributed by atoms with van der Waals surface area (Å²) in [5, 5.41) is 7.77. The van der Waals surface area contributed by atoms with Crippen LogP contribution in [0.15, 0.2) is 28.9 Å². The van der Waals surface area contributed by atoms with E-state index in [0.717, 1.165) is 15.9 Å². The highest BCUT2D eigenvalue weighted by Gasteiger charge is 2.30. The van der Waals surface area contributed by atoms with Gasteiger partial charge in [-0.1, -0.05) is 17.3 Å². The minimum absolute atomic E-state index is 0.245. The normalized spacial score (nSPS) is 11.6. The number of aryl methyl sites for hydroxylation is 1. The first-order valence-corrected chi connectivity index (χ1v) is 6.05. The van der Waals surface area contributed by atoms with Gasteiger partial charge in [0.15, 0.2) is 0 Å². The molecule has 8 heteroatoms. The summed E-state index contributed by atoms with van der Waals surface area (Å²) in [6.45, 7) is 2.21. The predicted molar refractivity (Wildman–Crippen MR) is 64.7 cm³/mol. The van der Waals surface area contributed by atoms with Gasteiger partial charge in [0.25, 0.3) is 0 Å². The van der Waals surface area contributed by atoms with Gasteiger partial charge in [-0.25, -0.2) is 4.68 Å². The van der Waals surface area contributed by atoms with Crippen LogP contribution in [0, 0.1) is 6.92 Å². The number of nitrogens with zero attached hydrogens (tertiary/aromatic N) is 3. The summed E-state index contributed by atoms with van der Waals surface area (Å²) >= 11 is 3.33. The van der Waals surface area contributed by atoms with E-state index in [9.17, 15) is 13.2 Å². The summed E-state index contributed by atoms with van der Waals surface area (Å²) in [6.07, 6.45) is -4.67. The zero-order valence-corrected chi connectivity index (χ0v) is 11.4. The minimum Gasteiger partial charge on any atom is -0.406 e. The van der Waals surface area contributed by atoms with Crippen LogP contribution in [0.5, 0.6) is 5.75 Å². The van der Waals surface area contributed by atoms with Gasteiger partial charge in [-0.3, -0.25) is 0 Å². The number of ether oxygens (including phenoxy) is 1. The molecule has 0 aliphatic rings. The highest BCUT2D eigenvalue weighted by Crippen LogP contribution is 2.23. The average Bonchev–Trinajstić information content (AvgIpc) is 2.62. The quantitative estimate of drug-likeness (QED) is 0.864. The zero-order valence-electron chi connectivity index (χ0n) is 9.78. The standard InChI is InChI=1S/C11H9BrF3N3O/c1-7-10(12)18(17-16-7)6-8-2-4-9(5-3-8)19-11(13,14)15/h2-5H,6H2,1H3. The Morgan fingerprint density at radius 1 is 1.26 bits per heavy atom. The number of hydrogen-bond acceptors (Lipinski definition) is 3. The van der Waals surface area contributed by atoms with E-state index in [1.807, 2.05) is 0 Å². The molecule has 2 rings (SSSR count). The summed E-state index contributed by atoms with van der Waals surface area (Å²) in [7, 11) is 0. The van der Waals surface area contributed by atoms with E-state index >= 15 is 0 Å². The lowest BCUT2D eigenvalue weighted by atomic mass is 10.2. The number of hydrogen-bond donors (Lipinski definition) is 0. The highest BCUT2D eigenvalue weighted by atomic mass is 79.9. The summed E-state index contributed by atoms with van der Waals surface area (Å²) in [5.74, 6) is -0.245. The molecule has 0 saturated heterocycles. The number of alkyl halides is 3. The van der Waals surface area contributed by atoms with Crippen LogP contribution < -0.4 is 4.74 Å².